The van der Waals surface area contributed by atoms with E-state index in [2.05, 4.69) is 10.1 Å². The second-order valence-corrected chi connectivity index (χ2v) is 8.28. The third kappa shape index (κ3) is 5.90. The Morgan fingerprint density at radius 3 is 2.53 bits per heavy atom. The number of rotatable bonds is 4. The first-order valence-electron chi connectivity index (χ1n) is 10.8. The van der Waals surface area contributed by atoms with Crippen molar-refractivity contribution in [2.45, 2.75) is 38.2 Å². The third-order valence-corrected chi connectivity index (χ3v) is 5.57. The SMILES string of the molecule is O=C(O)C(F)(F)F.O=C(c1ccc2ccccc2n1)N1Cc2ccnn2CC(OCC2CC2)C1. The number of carboxylic acid groups (broad SMARTS) is 1. The van der Waals surface area contributed by atoms with Gasteiger partial charge in [-0.05, 0) is 37.0 Å². The molecule has 11 heteroatoms. The Labute approximate surface area is 192 Å². The van der Waals surface area contributed by atoms with E-state index in [1.54, 1.807) is 6.20 Å². The van der Waals surface area contributed by atoms with E-state index in [4.69, 9.17) is 14.6 Å². The maximum atomic E-state index is 13.2. The molecule has 1 aliphatic carbocycles. The van der Waals surface area contributed by atoms with E-state index in [1.165, 1.54) is 12.8 Å². The average Bonchev–Trinajstić information content (AvgIpc) is 3.57. The Morgan fingerprint density at radius 1 is 1.09 bits per heavy atom. The summed E-state index contributed by atoms with van der Waals surface area (Å²) in [6.45, 7) is 2.54. The van der Waals surface area contributed by atoms with Crippen molar-refractivity contribution in [3.8, 4) is 0 Å². The molecule has 1 N–H and O–H groups in total. The first-order chi connectivity index (χ1) is 16.2. The van der Waals surface area contributed by atoms with Gasteiger partial charge in [0.25, 0.3) is 5.91 Å². The molecule has 0 bridgehead atoms. The molecule has 0 saturated heterocycles. The van der Waals surface area contributed by atoms with Crippen LogP contribution in [0.4, 0.5) is 13.2 Å². The molecular formula is C23H23F3N4O4. The standard InChI is InChI=1S/C21H22N4O2.C2HF3O2/c26-21(20-8-7-16-3-1-2-4-19(16)23-20)24-11-17-9-10-22-25(17)13-18(12-24)27-14-15-5-6-15;3-2(4,5)1(6)7/h1-4,7-10,15,18H,5-6,11-14H2;(H,6,7). The number of carbonyl (C=O) groups excluding carboxylic acids is 1. The number of fused-ring (bicyclic) bond motifs is 2. The zero-order valence-corrected chi connectivity index (χ0v) is 18.1. The van der Waals surface area contributed by atoms with Gasteiger partial charge in [-0.15, -0.1) is 0 Å². The number of carbonyl (C=O) groups is 2. The minimum atomic E-state index is -5.08. The minimum Gasteiger partial charge on any atom is -0.475 e. The van der Waals surface area contributed by atoms with Gasteiger partial charge >= 0.3 is 12.1 Å². The van der Waals surface area contributed by atoms with Crippen LogP contribution in [0, 0.1) is 5.92 Å². The van der Waals surface area contributed by atoms with Crippen molar-refractivity contribution in [2.75, 3.05) is 13.2 Å². The summed E-state index contributed by atoms with van der Waals surface area (Å²) in [5.41, 5.74) is 2.34. The summed E-state index contributed by atoms with van der Waals surface area (Å²) in [6, 6.07) is 13.6. The molecule has 34 heavy (non-hydrogen) atoms. The minimum absolute atomic E-state index is 0.0452. The maximum Gasteiger partial charge on any atom is 0.490 e. The highest BCUT2D eigenvalue weighted by molar-refractivity contribution is 5.94. The molecule has 1 aliphatic heterocycles. The number of ether oxygens (including phenoxy) is 1. The number of para-hydroxylation sites is 1. The molecular weight excluding hydrogens is 453 g/mol. The van der Waals surface area contributed by atoms with Crippen LogP contribution < -0.4 is 0 Å². The largest absolute Gasteiger partial charge is 0.490 e. The van der Waals surface area contributed by atoms with Crippen LogP contribution in [0.25, 0.3) is 10.9 Å². The smallest absolute Gasteiger partial charge is 0.475 e. The predicted molar refractivity (Wildman–Crippen MR) is 115 cm³/mol. The number of alkyl halides is 3. The highest BCUT2D eigenvalue weighted by atomic mass is 19.4. The Bertz CT molecular complexity index is 1180. The Morgan fingerprint density at radius 2 is 1.82 bits per heavy atom. The first kappa shape index (κ1) is 23.7. The molecule has 1 unspecified atom stereocenters. The van der Waals surface area contributed by atoms with E-state index in [1.807, 2.05) is 52.0 Å². The number of benzene rings is 1. The van der Waals surface area contributed by atoms with Gasteiger partial charge in [-0.3, -0.25) is 9.48 Å². The van der Waals surface area contributed by atoms with Gasteiger partial charge in [0.05, 0.1) is 30.4 Å². The zero-order valence-electron chi connectivity index (χ0n) is 18.1. The van der Waals surface area contributed by atoms with Gasteiger partial charge in [0.2, 0.25) is 0 Å². The highest BCUT2D eigenvalue weighted by Gasteiger charge is 2.38. The van der Waals surface area contributed by atoms with Crippen LogP contribution in [0.1, 0.15) is 29.0 Å². The van der Waals surface area contributed by atoms with E-state index in [0.29, 0.717) is 31.2 Å². The zero-order chi connectivity index (χ0) is 24.3. The summed E-state index contributed by atoms with van der Waals surface area (Å²) in [7, 11) is 0. The molecule has 180 valence electrons. The quantitative estimate of drug-likeness (QED) is 0.619. The lowest BCUT2D eigenvalue weighted by Crippen LogP contribution is -2.38. The van der Waals surface area contributed by atoms with Gasteiger partial charge in [-0.25, -0.2) is 9.78 Å². The normalized spacial score (nSPS) is 18.0. The van der Waals surface area contributed by atoms with E-state index < -0.39 is 12.1 Å². The molecule has 2 aromatic heterocycles. The summed E-state index contributed by atoms with van der Waals surface area (Å²) >= 11 is 0. The van der Waals surface area contributed by atoms with Crippen molar-refractivity contribution >= 4 is 22.8 Å². The van der Waals surface area contributed by atoms with Gasteiger partial charge in [-0.1, -0.05) is 24.3 Å². The lowest BCUT2D eigenvalue weighted by atomic mass is 10.2. The summed E-state index contributed by atoms with van der Waals surface area (Å²) in [5, 5.41) is 12.6. The third-order valence-electron chi connectivity index (χ3n) is 5.57. The fourth-order valence-electron chi connectivity index (χ4n) is 3.58. The van der Waals surface area contributed by atoms with Crippen LogP contribution in [-0.2, 0) is 22.6 Å². The van der Waals surface area contributed by atoms with Crippen molar-refractivity contribution < 1.29 is 32.6 Å². The number of aliphatic carboxylic acids is 1. The fourth-order valence-corrected chi connectivity index (χ4v) is 3.58. The van der Waals surface area contributed by atoms with Gasteiger partial charge in [-0.2, -0.15) is 18.3 Å². The number of amides is 1. The number of pyridine rings is 1. The Hall–Kier alpha value is -3.47. The summed E-state index contributed by atoms with van der Waals surface area (Å²) in [6.07, 6.45) is -0.835. The van der Waals surface area contributed by atoms with E-state index in [-0.39, 0.29) is 12.0 Å². The molecule has 0 spiro atoms. The monoisotopic (exact) mass is 476 g/mol. The molecule has 1 aromatic carbocycles. The number of nitrogens with zero attached hydrogens (tertiary/aromatic N) is 4. The van der Waals surface area contributed by atoms with Crippen LogP contribution in [0.5, 0.6) is 0 Å². The van der Waals surface area contributed by atoms with Crippen LogP contribution in [0.3, 0.4) is 0 Å². The van der Waals surface area contributed by atoms with Crippen LogP contribution in [-0.4, -0.2) is 62.1 Å². The summed E-state index contributed by atoms with van der Waals surface area (Å²) in [5.74, 6) is -2.13. The molecule has 1 fully saturated rings. The molecule has 5 rings (SSSR count). The molecule has 8 nitrogen and oxygen atoms in total. The number of aromatic nitrogens is 3. The maximum absolute atomic E-state index is 13.2. The van der Waals surface area contributed by atoms with Crippen molar-refractivity contribution in [1.29, 1.82) is 0 Å². The molecule has 0 radical (unpaired) electrons. The summed E-state index contributed by atoms with van der Waals surface area (Å²) in [4.78, 5) is 28.5. The van der Waals surface area contributed by atoms with Crippen molar-refractivity contribution in [3.05, 3.63) is 60.0 Å². The number of halogens is 3. The average molecular weight is 476 g/mol. The number of hydrogen-bond donors (Lipinski definition) is 1. The first-order valence-corrected chi connectivity index (χ1v) is 10.8. The van der Waals surface area contributed by atoms with Gasteiger partial charge in [0.1, 0.15) is 5.69 Å². The molecule has 2 aliphatic rings. The second kappa shape index (κ2) is 9.80. The van der Waals surface area contributed by atoms with Gasteiger partial charge < -0.3 is 14.7 Å². The Balaban J connectivity index is 0.000000344. The molecule has 1 atom stereocenters. The van der Waals surface area contributed by atoms with Gasteiger partial charge in [0.15, 0.2) is 0 Å². The second-order valence-electron chi connectivity index (χ2n) is 8.28. The van der Waals surface area contributed by atoms with Crippen molar-refractivity contribution in [2.24, 2.45) is 5.92 Å². The summed E-state index contributed by atoms with van der Waals surface area (Å²) < 4.78 is 39.8. The Kier molecular flexibility index (Phi) is 6.82. The molecule has 3 aromatic rings. The van der Waals surface area contributed by atoms with Crippen LogP contribution in [0.2, 0.25) is 0 Å². The topological polar surface area (TPSA) is 97.5 Å². The van der Waals surface area contributed by atoms with Crippen molar-refractivity contribution in [1.82, 2.24) is 19.7 Å². The molecule has 1 saturated carbocycles. The lowest BCUT2D eigenvalue weighted by Gasteiger charge is -2.24. The van der Waals surface area contributed by atoms with E-state index >= 15 is 0 Å². The van der Waals surface area contributed by atoms with Gasteiger partial charge in [0, 0.05) is 24.7 Å². The lowest BCUT2D eigenvalue weighted by molar-refractivity contribution is -0.192. The highest BCUT2D eigenvalue weighted by Crippen LogP contribution is 2.29. The van der Waals surface area contributed by atoms with Crippen LogP contribution in [0.15, 0.2) is 48.7 Å². The molecule has 3 heterocycles. The van der Waals surface area contributed by atoms with E-state index in [0.717, 1.165) is 23.2 Å². The number of hydrogen-bond acceptors (Lipinski definition) is 5. The predicted octanol–water partition coefficient (Wildman–Crippen LogP) is 3.52. The van der Waals surface area contributed by atoms with Crippen molar-refractivity contribution in [3.63, 3.8) is 0 Å². The van der Waals surface area contributed by atoms with E-state index in [9.17, 15) is 18.0 Å². The van der Waals surface area contributed by atoms with Crippen LogP contribution >= 0.6 is 0 Å². The number of carboxylic acids is 1. The fraction of sp³-hybridized carbons (Fsp3) is 0.391. The molecule has 1 amide bonds.